The maximum Gasteiger partial charge on any atom is 1.00 e. The van der Waals surface area contributed by atoms with Crippen LogP contribution in [0.2, 0.25) is 0 Å². The van der Waals surface area contributed by atoms with Crippen molar-refractivity contribution >= 4 is 5.97 Å². The Balaban J connectivity index is 0.00000162. The van der Waals surface area contributed by atoms with Crippen LogP contribution >= 0.6 is 0 Å². The largest absolute Gasteiger partial charge is 1.00 e. The van der Waals surface area contributed by atoms with Gasteiger partial charge in [-0.1, -0.05) is 60.7 Å². The zero-order valence-corrected chi connectivity index (χ0v) is 13.2. The number of hydrogen-bond acceptors (Lipinski definition) is 3. The van der Waals surface area contributed by atoms with E-state index in [4.69, 9.17) is 0 Å². The average molecular weight is 266 g/mol. The molecule has 0 saturated heterocycles. The summed E-state index contributed by atoms with van der Waals surface area (Å²) in [6.07, 6.45) is 0. The molecule has 0 radical (unpaired) electrons. The molecule has 2 aromatic rings. The first-order valence-electron chi connectivity index (χ1n) is 5.20. The second-order valence-electron chi connectivity index (χ2n) is 3.73. The number of carboxylic acids is 1. The molecule has 0 spiro atoms. The molecule has 0 aliphatic heterocycles. The molecule has 0 aromatic heterocycles. The van der Waals surface area contributed by atoms with E-state index >= 15 is 0 Å². The van der Waals surface area contributed by atoms with Crippen molar-refractivity contribution in [3.8, 4) is 0 Å². The van der Waals surface area contributed by atoms with Gasteiger partial charge in [0.25, 0.3) is 0 Å². The second-order valence-corrected chi connectivity index (χ2v) is 3.73. The van der Waals surface area contributed by atoms with Gasteiger partial charge in [0.2, 0.25) is 0 Å². The van der Waals surface area contributed by atoms with Crippen LogP contribution in [0, 0.1) is 0 Å². The van der Waals surface area contributed by atoms with Crippen molar-refractivity contribution in [1.82, 2.24) is 0 Å². The third kappa shape index (κ3) is 2.91. The summed E-state index contributed by atoms with van der Waals surface area (Å²) in [5.74, 6) is -1.53. The first-order chi connectivity index (χ1) is 8.15. The normalized spacial score (nSPS) is 10.5. The number of carbonyl (C=O) groups excluding carboxylic acids is 1. The Hall–Kier alpha value is -0.494. The molecule has 0 saturated carbocycles. The van der Waals surface area contributed by atoms with E-state index in [0.29, 0.717) is 0 Å². The first kappa shape index (κ1) is 15.6. The molecule has 0 bridgehead atoms. The fourth-order valence-corrected chi connectivity index (χ4v) is 1.76. The van der Waals surface area contributed by atoms with Crippen molar-refractivity contribution in [2.45, 2.75) is 5.60 Å². The van der Waals surface area contributed by atoms with Gasteiger partial charge in [0.1, 0.15) is 0 Å². The quantitative estimate of drug-likeness (QED) is 0.634. The van der Waals surface area contributed by atoms with E-state index in [9.17, 15) is 15.0 Å². The minimum absolute atomic E-state index is 0. The Morgan fingerprint density at radius 3 is 1.50 bits per heavy atom. The molecule has 0 aliphatic carbocycles. The molecule has 0 fully saturated rings. The molecule has 1 N–H and O–H groups in total. The van der Waals surface area contributed by atoms with Gasteiger partial charge in [0, 0.05) is 0 Å². The van der Waals surface area contributed by atoms with Gasteiger partial charge in [-0.05, 0) is 11.1 Å². The summed E-state index contributed by atoms with van der Waals surface area (Å²) in [6.45, 7) is 0. The summed E-state index contributed by atoms with van der Waals surface area (Å²) >= 11 is 0. The van der Waals surface area contributed by atoms with Crippen molar-refractivity contribution in [3.05, 3.63) is 71.8 Å². The van der Waals surface area contributed by atoms with Gasteiger partial charge in [0.15, 0.2) is 5.60 Å². The number of aliphatic hydroxyl groups is 1. The predicted octanol–water partition coefficient (Wildman–Crippen LogP) is -2.32. The summed E-state index contributed by atoms with van der Waals surface area (Å²) in [5.41, 5.74) is -1.54. The zero-order valence-electron chi connectivity index (χ0n) is 10.0. The van der Waals surface area contributed by atoms with E-state index in [-0.39, 0.29) is 62.5 Å². The molecule has 4 heteroatoms. The Morgan fingerprint density at radius 2 is 1.22 bits per heavy atom. The average Bonchev–Trinajstić information content (AvgIpc) is 2.39. The minimum Gasteiger partial charge on any atom is -0.546 e. The topological polar surface area (TPSA) is 60.4 Å². The van der Waals surface area contributed by atoms with E-state index in [1.54, 1.807) is 60.7 Å². The van der Waals surface area contributed by atoms with Crippen molar-refractivity contribution in [1.29, 1.82) is 0 Å². The Morgan fingerprint density at radius 1 is 0.889 bits per heavy atom. The SMILES string of the molecule is O=C([O-])C(O)(c1ccccc1)c1ccccc1.[K+]. The van der Waals surface area contributed by atoms with E-state index in [1.165, 1.54) is 0 Å². The number of carboxylic acid groups (broad SMARTS) is 1. The second kappa shape index (κ2) is 6.61. The van der Waals surface area contributed by atoms with Crippen molar-refractivity contribution < 1.29 is 66.4 Å². The molecule has 18 heavy (non-hydrogen) atoms. The van der Waals surface area contributed by atoms with Crippen LogP contribution in [0.1, 0.15) is 11.1 Å². The molecule has 3 nitrogen and oxygen atoms in total. The standard InChI is InChI=1S/C14H12O3.K/c15-13(16)14(17,11-7-3-1-4-8-11)12-9-5-2-6-10-12;/h1-10,17H,(H,15,16);/q;+1/p-1. The van der Waals surface area contributed by atoms with Crippen LogP contribution in [0.15, 0.2) is 60.7 Å². The number of hydrogen-bond donors (Lipinski definition) is 1. The maximum atomic E-state index is 11.3. The molecular formula is C14H11KO3. The van der Waals surface area contributed by atoms with Crippen LogP contribution in [0.4, 0.5) is 0 Å². The smallest absolute Gasteiger partial charge is 0.546 e. The van der Waals surface area contributed by atoms with Gasteiger partial charge in [-0.2, -0.15) is 0 Å². The Bertz CT molecular complexity index is 472. The maximum absolute atomic E-state index is 11.3. The predicted molar refractivity (Wildman–Crippen MR) is 60.9 cm³/mol. The summed E-state index contributed by atoms with van der Waals surface area (Å²) in [5, 5.41) is 21.6. The van der Waals surface area contributed by atoms with E-state index < -0.39 is 11.6 Å². The number of carbonyl (C=O) groups is 1. The molecular weight excluding hydrogens is 255 g/mol. The van der Waals surface area contributed by atoms with E-state index in [2.05, 4.69) is 0 Å². The molecule has 0 atom stereocenters. The number of aliphatic carboxylic acids is 1. The molecule has 0 heterocycles. The van der Waals surface area contributed by atoms with E-state index in [0.717, 1.165) is 0 Å². The van der Waals surface area contributed by atoms with E-state index in [1.807, 2.05) is 0 Å². The third-order valence-corrected chi connectivity index (χ3v) is 2.68. The van der Waals surface area contributed by atoms with Gasteiger partial charge >= 0.3 is 51.4 Å². The molecule has 0 unspecified atom stereocenters. The van der Waals surface area contributed by atoms with Gasteiger partial charge in [0.05, 0.1) is 5.97 Å². The summed E-state index contributed by atoms with van der Waals surface area (Å²) in [7, 11) is 0. The zero-order chi connectivity index (χ0) is 12.3. The van der Waals surface area contributed by atoms with Crippen LogP contribution in [-0.4, -0.2) is 11.1 Å². The van der Waals surface area contributed by atoms with Crippen molar-refractivity contribution in [3.63, 3.8) is 0 Å². The molecule has 86 valence electrons. The fraction of sp³-hybridized carbons (Fsp3) is 0.0714. The molecule has 2 aromatic carbocycles. The van der Waals surface area contributed by atoms with Gasteiger partial charge in [-0.25, -0.2) is 0 Å². The van der Waals surface area contributed by atoms with Crippen LogP contribution in [0.5, 0.6) is 0 Å². The van der Waals surface area contributed by atoms with Crippen LogP contribution in [0.3, 0.4) is 0 Å². The third-order valence-electron chi connectivity index (χ3n) is 2.68. The number of rotatable bonds is 3. The molecule has 2 rings (SSSR count). The van der Waals surface area contributed by atoms with Gasteiger partial charge in [-0.15, -0.1) is 0 Å². The fourth-order valence-electron chi connectivity index (χ4n) is 1.76. The first-order valence-corrected chi connectivity index (χ1v) is 5.20. The van der Waals surface area contributed by atoms with Crippen LogP contribution in [-0.2, 0) is 10.4 Å². The minimum atomic E-state index is -2.11. The van der Waals surface area contributed by atoms with Crippen LogP contribution in [0.25, 0.3) is 0 Å². The Kier molecular flexibility index (Phi) is 5.71. The monoisotopic (exact) mass is 266 g/mol. The molecule has 0 amide bonds. The van der Waals surface area contributed by atoms with Gasteiger partial charge < -0.3 is 15.0 Å². The Labute approximate surface area is 148 Å². The molecule has 0 aliphatic rings. The number of benzene rings is 2. The van der Waals surface area contributed by atoms with Crippen LogP contribution < -0.4 is 56.5 Å². The summed E-state index contributed by atoms with van der Waals surface area (Å²) < 4.78 is 0. The summed E-state index contributed by atoms with van der Waals surface area (Å²) in [6, 6.07) is 16.4. The van der Waals surface area contributed by atoms with Crippen molar-refractivity contribution in [2.75, 3.05) is 0 Å². The van der Waals surface area contributed by atoms with Gasteiger partial charge in [-0.3, -0.25) is 0 Å². The van der Waals surface area contributed by atoms with Crippen molar-refractivity contribution in [2.24, 2.45) is 0 Å². The summed E-state index contributed by atoms with van der Waals surface area (Å²) in [4.78, 5) is 11.3.